The molecular weight excluding hydrogens is 388 g/mol. The summed E-state index contributed by atoms with van der Waals surface area (Å²) in [5, 5.41) is 26.1. The Morgan fingerprint density at radius 1 is 1.30 bits per heavy atom. The summed E-state index contributed by atoms with van der Waals surface area (Å²) in [6.45, 7) is -0.0310. The lowest BCUT2D eigenvalue weighted by Gasteiger charge is -2.24. The average molecular weight is 410 g/mol. The van der Waals surface area contributed by atoms with E-state index in [0.717, 1.165) is 31.1 Å². The van der Waals surface area contributed by atoms with Gasteiger partial charge < -0.3 is 19.7 Å². The van der Waals surface area contributed by atoms with Crippen LogP contribution < -0.4 is 15.4 Å². The van der Waals surface area contributed by atoms with Crippen LogP contribution in [0.4, 0.5) is 4.79 Å². The molecule has 156 valence electrons. The van der Waals surface area contributed by atoms with Crippen LogP contribution >= 0.6 is 0 Å². The van der Waals surface area contributed by atoms with Crippen molar-refractivity contribution in [2.75, 3.05) is 7.11 Å². The minimum Gasteiger partial charge on any atom is -0.497 e. The Bertz CT molecular complexity index is 1150. The molecule has 5 rings (SSSR count). The van der Waals surface area contributed by atoms with Gasteiger partial charge in [-0.25, -0.2) is 4.79 Å². The summed E-state index contributed by atoms with van der Waals surface area (Å²) in [6.07, 6.45) is 7.47. The Balaban J connectivity index is 1.56. The summed E-state index contributed by atoms with van der Waals surface area (Å²) in [6, 6.07) is 4.93. The molecule has 3 heterocycles. The molecule has 3 N–H and O–H groups in total. The first kappa shape index (κ1) is 18.5. The molecule has 0 spiro atoms. The third kappa shape index (κ3) is 2.78. The van der Waals surface area contributed by atoms with Gasteiger partial charge in [0, 0.05) is 17.0 Å². The fraction of sp³-hybridized carbons (Fsp3) is 0.400. The molecule has 10 heteroatoms. The molecule has 1 saturated carbocycles. The number of methoxy groups -OCH3 is 1. The first-order chi connectivity index (χ1) is 14.5. The Morgan fingerprint density at radius 3 is 2.80 bits per heavy atom. The molecule has 1 aliphatic carbocycles. The number of benzene rings is 1. The predicted octanol–water partition coefficient (Wildman–Crippen LogP) is 1.80. The van der Waals surface area contributed by atoms with Crippen LogP contribution in [0.3, 0.4) is 0 Å². The maximum Gasteiger partial charge on any atom is 0.322 e. The van der Waals surface area contributed by atoms with Crippen LogP contribution in [0.25, 0.3) is 10.8 Å². The highest BCUT2D eigenvalue weighted by molar-refractivity contribution is 6.07. The zero-order valence-electron chi connectivity index (χ0n) is 16.5. The second kappa shape index (κ2) is 6.75. The molecule has 2 aromatic heterocycles. The maximum atomic E-state index is 12.9. The number of nitrogens with one attached hydrogen (secondary N) is 2. The van der Waals surface area contributed by atoms with Gasteiger partial charge in [0.1, 0.15) is 11.4 Å². The van der Waals surface area contributed by atoms with Crippen LogP contribution in [0.2, 0.25) is 0 Å². The van der Waals surface area contributed by atoms with E-state index < -0.39 is 17.5 Å². The van der Waals surface area contributed by atoms with Crippen molar-refractivity contribution >= 4 is 22.7 Å². The molecule has 10 nitrogen and oxygen atoms in total. The summed E-state index contributed by atoms with van der Waals surface area (Å²) in [4.78, 5) is 26.6. The van der Waals surface area contributed by atoms with Gasteiger partial charge in [0.05, 0.1) is 25.9 Å². The lowest BCUT2D eigenvalue weighted by Crippen LogP contribution is -2.47. The van der Waals surface area contributed by atoms with Crippen molar-refractivity contribution in [2.45, 2.75) is 43.8 Å². The summed E-state index contributed by atoms with van der Waals surface area (Å²) >= 11 is 0. The van der Waals surface area contributed by atoms with Crippen molar-refractivity contribution in [2.24, 2.45) is 0 Å². The maximum absolute atomic E-state index is 12.9. The Kier molecular flexibility index (Phi) is 4.16. The number of amides is 3. The Hall–Kier alpha value is -3.56. The molecule has 1 aromatic carbocycles. The van der Waals surface area contributed by atoms with Gasteiger partial charge in [0.2, 0.25) is 0 Å². The van der Waals surface area contributed by atoms with Crippen molar-refractivity contribution in [1.82, 2.24) is 30.2 Å². The third-order valence-corrected chi connectivity index (χ3v) is 6.01. The highest BCUT2D eigenvalue weighted by Crippen LogP contribution is 2.35. The molecule has 0 unspecified atom stereocenters. The number of hydrogen-bond donors (Lipinski definition) is 3. The quantitative estimate of drug-likeness (QED) is 0.551. The van der Waals surface area contributed by atoms with Gasteiger partial charge in [-0.2, -0.15) is 15.0 Å². The monoisotopic (exact) mass is 410 g/mol. The fourth-order valence-electron chi connectivity index (χ4n) is 4.38. The van der Waals surface area contributed by atoms with Crippen LogP contribution in [0.5, 0.6) is 11.6 Å². The average Bonchev–Trinajstić information content (AvgIpc) is 3.51. The second-order valence-corrected chi connectivity index (χ2v) is 7.84. The predicted molar refractivity (Wildman–Crippen MR) is 106 cm³/mol. The van der Waals surface area contributed by atoms with E-state index in [2.05, 4.69) is 20.8 Å². The number of rotatable bonds is 5. The smallest absolute Gasteiger partial charge is 0.322 e. The van der Waals surface area contributed by atoms with E-state index in [1.165, 1.54) is 10.8 Å². The number of fused-ring (bicyclic) bond motifs is 1. The number of carbonyl (C=O) groups excluding carboxylic acids is 2. The molecule has 0 bridgehead atoms. The molecule has 1 aliphatic heterocycles. The first-order valence-electron chi connectivity index (χ1n) is 9.92. The first-order valence-corrected chi connectivity index (χ1v) is 9.92. The van der Waals surface area contributed by atoms with E-state index in [1.807, 2.05) is 6.07 Å². The Labute approximate surface area is 171 Å². The third-order valence-electron chi connectivity index (χ3n) is 6.01. The van der Waals surface area contributed by atoms with Gasteiger partial charge in [-0.3, -0.25) is 10.1 Å². The number of ether oxygens (including phenoxy) is 1. The zero-order chi connectivity index (χ0) is 20.9. The number of nitrogens with zero attached hydrogens (tertiary/aromatic N) is 4. The van der Waals surface area contributed by atoms with Gasteiger partial charge in [0.15, 0.2) is 11.4 Å². The summed E-state index contributed by atoms with van der Waals surface area (Å²) in [5.74, 6) is 0.0535. The molecule has 0 radical (unpaired) electrons. The van der Waals surface area contributed by atoms with Crippen molar-refractivity contribution in [3.05, 3.63) is 36.3 Å². The minimum absolute atomic E-state index is 0.0274. The van der Waals surface area contributed by atoms with Gasteiger partial charge in [-0.15, -0.1) is 0 Å². The minimum atomic E-state index is -1.47. The lowest BCUT2D eigenvalue weighted by molar-refractivity contribution is -0.125. The molecule has 1 saturated heterocycles. The number of hydrogen-bond acceptors (Lipinski definition) is 6. The molecule has 2 aliphatic rings. The molecular formula is C20H22N6O4. The van der Waals surface area contributed by atoms with Crippen LogP contribution in [-0.2, 0) is 16.9 Å². The number of aromatic hydroxyl groups is 1. The largest absolute Gasteiger partial charge is 0.497 e. The van der Waals surface area contributed by atoms with Crippen LogP contribution in [-0.4, -0.2) is 43.7 Å². The molecule has 2 fully saturated rings. The van der Waals surface area contributed by atoms with Gasteiger partial charge >= 0.3 is 6.03 Å². The van der Waals surface area contributed by atoms with Gasteiger partial charge in [0.25, 0.3) is 5.91 Å². The fourth-order valence-corrected chi connectivity index (χ4v) is 4.38. The SMILES string of the molecule is COc1ccc2cn(C[C@@]3(c4cnn(C5CCCC5)n4)NC(=O)NC3=O)c(O)c2c1. The normalized spacial score (nSPS) is 21.9. The highest BCUT2D eigenvalue weighted by atomic mass is 16.5. The van der Waals surface area contributed by atoms with E-state index in [4.69, 9.17) is 4.74 Å². The van der Waals surface area contributed by atoms with Crippen LogP contribution in [0.1, 0.15) is 37.4 Å². The molecule has 3 amide bonds. The highest BCUT2D eigenvalue weighted by Gasteiger charge is 2.51. The molecule has 3 aromatic rings. The lowest BCUT2D eigenvalue weighted by atomic mass is 9.96. The number of aromatic nitrogens is 4. The zero-order valence-corrected chi connectivity index (χ0v) is 16.5. The Morgan fingerprint density at radius 2 is 2.10 bits per heavy atom. The standard InChI is InChI=1S/C20H22N6O4/c1-30-14-7-6-12-10-25(17(27)15(12)8-14)11-20(18(28)22-19(29)23-20)16-9-21-26(24-16)13-4-2-3-5-13/h6-10,13,27H,2-5,11H2,1H3,(H2,22,23,28,29)/t20-/m0/s1. The van der Waals surface area contributed by atoms with Gasteiger partial charge in [-0.1, -0.05) is 12.8 Å². The van der Waals surface area contributed by atoms with Crippen molar-refractivity contribution in [3.63, 3.8) is 0 Å². The summed E-state index contributed by atoms with van der Waals surface area (Å²) in [5.41, 5.74) is -1.13. The van der Waals surface area contributed by atoms with Crippen molar-refractivity contribution in [3.8, 4) is 11.6 Å². The number of imide groups is 1. The van der Waals surface area contributed by atoms with E-state index >= 15 is 0 Å². The number of urea groups is 1. The second-order valence-electron chi connectivity index (χ2n) is 7.84. The van der Waals surface area contributed by atoms with E-state index in [1.54, 1.807) is 30.2 Å². The summed E-state index contributed by atoms with van der Waals surface area (Å²) in [7, 11) is 1.55. The topological polar surface area (TPSA) is 123 Å². The molecule has 1 atom stereocenters. The number of carbonyl (C=O) groups is 2. The summed E-state index contributed by atoms with van der Waals surface area (Å²) < 4.78 is 6.76. The van der Waals surface area contributed by atoms with E-state index in [9.17, 15) is 14.7 Å². The van der Waals surface area contributed by atoms with E-state index in [-0.39, 0.29) is 18.5 Å². The van der Waals surface area contributed by atoms with Crippen molar-refractivity contribution < 1.29 is 19.4 Å². The molecule has 30 heavy (non-hydrogen) atoms. The van der Waals surface area contributed by atoms with Gasteiger partial charge in [-0.05, 0) is 31.0 Å². The van der Waals surface area contributed by atoms with Crippen molar-refractivity contribution in [1.29, 1.82) is 0 Å². The van der Waals surface area contributed by atoms with Crippen LogP contribution in [0.15, 0.2) is 30.6 Å². The van der Waals surface area contributed by atoms with E-state index in [0.29, 0.717) is 16.8 Å². The van der Waals surface area contributed by atoms with Crippen LogP contribution in [0, 0.1) is 0 Å².